The van der Waals surface area contributed by atoms with E-state index in [1.807, 2.05) is 30.3 Å². The summed E-state index contributed by atoms with van der Waals surface area (Å²) in [4.78, 5) is 13.8. The second-order valence-electron chi connectivity index (χ2n) is 11.1. The van der Waals surface area contributed by atoms with Crippen molar-refractivity contribution in [1.82, 2.24) is 10.6 Å². The molecule has 2 aliphatic rings. The molecule has 1 aliphatic carbocycles. The molecule has 5 nitrogen and oxygen atoms in total. The molecule has 7 heteroatoms. The molecule has 186 valence electrons. The van der Waals surface area contributed by atoms with Gasteiger partial charge in [0.2, 0.25) is 5.91 Å². The van der Waals surface area contributed by atoms with Gasteiger partial charge in [0.15, 0.2) is 0 Å². The van der Waals surface area contributed by atoms with Gasteiger partial charge in [-0.1, -0.05) is 68.2 Å². The number of halogens is 2. The van der Waals surface area contributed by atoms with E-state index in [1.165, 1.54) is 0 Å². The molecule has 1 saturated carbocycles. The van der Waals surface area contributed by atoms with E-state index in [4.69, 9.17) is 23.2 Å². The Kier molecular flexibility index (Phi) is 7.50. The Morgan fingerprint density at radius 1 is 1.20 bits per heavy atom. The molecule has 0 aromatic heterocycles. The second-order valence-corrected chi connectivity index (χ2v) is 12.0. The molecule has 4 rings (SSSR count). The normalized spacial score (nSPS) is 27.3. The van der Waals surface area contributed by atoms with Gasteiger partial charge in [0, 0.05) is 22.0 Å². The predicted octanol–water partition coefficient (Wildman–Crippen LogP) is 5.20. The summed E-state index contributed by atoms with van der Waals surface area (Å²) in [7, 11) is 0. The van der Waals surface area contributed by atoms with E-state index >= 15 is 0 Å². The Hall–Kier alpha value is -2.10. The molecule has 0 spiro atoms. The highest BCUT2D eigenvalue weighted by molar-refractivity contribution is 6.30. The van der Waals surface area contributed by atoms with E-state index in [-0.39, 0.29) is 30.0 Å². The molecule has 3 N–H and O–H groups in total. The number of hydrogen-bond donors (Lipinski definition) is 3. The first-order valence-corrected chi connectivity index (χ1v) is 12.9. The Bertz CT molecular complexity index is 1100. The third-order valence-corrected chi connectivity index (χ3v) is 7.77. The maximum absolute atomic E-state index is 13.8. The topological polar surface area (TPSA) is 85.2 Å². The molecule has 1 saturated heterocycles. The van der Waals surface area contributed by atoms with Crippen LogP contribution in [0.1, 0.15) is 57.1 Å². The van der Waals surface area contributed by atoms with E-state index in [0.717, 1.165) is 24.0 Å². The van der Waals surface area contributed by atoms with Crippen LogP contribution in [0.3, 0.4) is 0 Å². The number of carbonyl (C=O) groups excluding carboxylic acids is 1. The summed E-state index contributed by atoms with van der Waals surface area (Å²) in [5, 5.41) is 28.6. The second kappa shape index (κ2) is 10.1. The average molecular weight is 514 g/mol. The van der Waals surface area contributed by atoms with Crippen molar-refractivity contribution in [2.45, 2.75) is 69.5 Å². The summed E-state index contributed by atoms with van der Waals surface area (Å²) in [6.45, 7) is 6.30. The summed E-state index contributed by atoms with van der Waals surface area (Å²) in [5.74, 6) is -0.401. The van der Waals surface area contributed by atoms with Gasteiger partial charge < -0.3 is 15.7 Å². The third-order valence-electron chi connectivity index (χ3n) is 7.28. The SMILES string of the molecule is CC(C)(C)C[C@@H]1N[C@@H](C(=O)NC(CO)C2CC2)[C@H](c2cccc(Cl)c2)[C@@]1(C#N)c1ccc(Cl)cc1. The van der Waals surface area contributed by atoms with Crippen molar-refractivity contribution in [3.8, 4) is 6.07 Å². The minimum atomic E-state index is -1.04. The lowest BCUT2D eigenvalue weighted by Crippen LogP contribution is -2.50. The van der Waals surface area contributed by atoms with Gasteiger partial charge in [-0.3, -0.25) is 4.79 Å². The van der Waals surface area contributed by atoms with Crippen molar-refractivity contribution in [3.63, 3.8) is 0 Å². The third kappa shape index (κ3) is 5.37. The number of nitrogens with zero attached hydrogens (tertiary/aromatic N) is 1. The van der Waals surface area contributed by atoms with Gasteiger partial charge >= 0.3 is 0 Å². The van der Waals surface area contributed by atoms with Crippen molar-refractivity contribution < 1.29 is 9.90 Å². The van der Waals surface area contributed by atoms with Crippen LogP contribution in [0.15, 0.2) is 48.5 Å². The lowest BCUT2D eigenvalue weighted by atomic mass is 9.63. The number of benzene rings is 2. The largest absolute Gasteiger partial charge is 0.394 e. The zero-order valence-corrected chi connectivity index (χ0v) is 21.9. The van der Waals surface area contributed by atoms with Crippen LogP contribution in [0.4, 0.5) is 0 Å². The Labute approximate surface area is 217 Å². The van der Waals surface area contributed by atoms with E-state index in [0.29, 0.717) is 22.4 Å². The first-order valence-electron chi connectivity index (χ1n) is 12.2. The van der Waals surface area contributed by atoms with Gasteiger partial charge in [-0.25, -0.2) is 0 Å². The minimum Gasteiger partial charge on any atom is -0.394 e. The molecule has 0 radical (unpaired) electrons. The van der Waals surface area contributed by atoms with Crippen LogP contribution in [0.25, 0.3) is 0 Å². The number of aliphatic hydroxyl groups is 1. The average Bonchev–Trinajstić information content (AvgIpc) is 3.59. The van der Waals surface area contributed by atoms with Crippen LogP contribution in [-0.2, 0) is 10.2 Å². The number of nitriles is 1. The number of amides is 1. The van der Waals surface area contributed by atoms with Crippen LogP contribution >= 0.6 is 23.2 Å². The van der Waals surface area contributed by atoms with Crippen molar-refractivity contribution in [2.75, 3.05) is 6.61 Å². The maximum atomic E-state index is 13.8. The Balaban J connectivity index is 1.86. The summed E-state index contributed by atoms with van der Waals surface area (Å²) in [6.07, 6.45) is 2.68. The van der Waals surface area contributed by atoms with Gasteiger partial charge in [-0.15, -0.1) is 0 Å². The zero-order chi connectivity index (χ0) is 25.4. The lowest BCUT2D eigenvalue weighted by Gasteiger charge is -2.37. The van der Waals surface area contributed by atoms with Gasteiger partial charge in [0.05, 0.1) is 24.8 Å². The molecule has 1 heterocycles. The summed E-state index contributed by atoms with van der Waals surface area (Å²) >= 11 is 12.6. The number of carbonyl (C=O) groups is 1. The van der Waals surface area contributed by atoms with Gasteiger partial charge in [-0.05, 0) is 66.0 Å². The smallest absolute Gasteiger partial charge is 0.238 e. The molecular formula is C28H33Cl2N3O2. The van der Waals surface area contributed by atoms with E-state index < -0.39 is 17.4 Å². The quantitative estimate of drug-likeness (QED) is 0.474. The van der Waals surface area contributed by atoms with Gasteiger partial charge in [0.1, 0.15) is 5.41 Å². The van der Waals surface area contributed by atoms with Gasteiger partial charge in [0.25, 0.3) is 0 Å². The lowest BCUT2D eigenvalue weighted by molar-refractivity contribution is -0.124. The maximum Gasteiger partial charge on any atom is 0.238 e. The monoisotopic (exact) mass is 513 g/mol. The number of hydrogen-bond acceptors (Lipinski definition) is 4. The first-order chi connectivity index (χ1) is 16.6. The van der Waals surface area contributed by atoms with Crippen molar-refractivity contribution in [2.24, 2.45) is 11.3 Å². The van der Waals surface area contributed by atoms with Crippen molar-refractivity contribution in [1.29, 1.82) is 5.26 Å². The fourth-order valence-electron chi connectivity index (χ4n) is 5.54. The van der Waals surface area contributed by atoms with E-state index in [9.17, 15) is 15.2 Å². The summed E-state index contributed by atoms with van der Waals surface area (Å²) in [5.41, 5.74) is 0.495. The number of rotatable bonds is 7. The van der Waals surface area contributed by atoms with Crippen LogP contribution < -0.4 is 10.6 Å². The highest BCUT2D eigenvalue weighted by Crippen LogP contribution is 2.51. The molecule has 2 aromatic rings. The molecule has 2 aromatic carbocycles. The van der Waals surface area contributed by atoms with E-state index in [2.05, 4.69) is 37.5 Å². The minimum absolute atomic E-state index is 0.0991. The Morgan fingerprint density at radius 2 is 1.89 bits per heavy atom. The molecule has 35 heavy (non-hydrogen) atoms. The summed E-state index contributed by atoms with van der Waals surface area (Å²) < 4.78 is 0. The number of nitrogens with one attached hydrogen (secondary N) is 2. The molecule has 1 amide bonds. The van der Waals surface area contributed by atoms with Gasteiger partial charge in [-0.2, -0.15) is 5.26 Å². The van der Waals surface area contributed by atoms with Crippen LogP contribution in [0.5, 0.6) is 0 Å². The molecule has 1 unspecified atom stereocenters. The predicted molar refractivity (Wildman–Crippen MR) is 139 cm³/mol. The van der Waals surface area contributed by atoms with Crippen LogP contribution in [-0.4, -0.2) is 35.7 Å². The molecule has 0 bridgehead atoms. The van der Waals surface area contributed by atoms with Crippen molar-refractivity contribution in [3.05, 3.63) is 69.7 Å². The summed E-state index contributed by atoms with van der Waals surface area (Å²) in [6, 6.07) is 16.2. The molecule has 5 atom stereocenters. The fraction of sp³-hybridized carbons (Fsp3) is 0.500. The zero-order valence-electron chi connectivity index (χ0n) is 20.4. The van der Waals surface area contributed by atoms with Crippen LogP contribution in [0.2, 0.25) is 10.0 Å². The highest BCUT2D eigenvalue weighted by atomic mass is 35.5. The van der Waals surface area contributed by atoms with Crippen LogP contribution in [0, 0.1) is 22.7 Å². The molecule has 2 fully saturated rings. The van der Waals surface area contributed by atoms with E-state index in [1.54, 1.807) is 18.2 Å². The molecule has 1 aliphatic heterocycles. The standard InChI is InChI=1S/C28H33Cl2N3O2/c1-27(2,3)14-23-28(16-31,19-9-11-20(29)12-10-19)24(18-5-4-6-21(30)13-18)25(33-23)26(35)32-22(15-34)17-7-8-17/h4-6,9-13,17,22-25,33-34H,7-8,14-15H2,1-3H3,(H,32,35)/t22?,23-,24-,25+,28-/m0/s1. The fourth-order valence-corrected chi connectivity index (χ4v) is 5.87. The number of aliphatic hydroxyl groups excluding tert-OH is 1. The molecular weight excluding hydrogens is 481 g/mol. The van der Waals surface area contributed by atoms with Crippen molar-refractivity contribution >= 4 is 29.1 Å². The first kappa shape index (κ1) is 26.0. The Morgan fingerprint density at radius 3 is 2.43 bits per heavy atom. The highest BCUT2D eigenvalue weighted by Gasteiger charge is 2.59.